The van der Waals surface area contributed by atoms with E-state index in [0.29, 0.717) is 30.8 Å². The van der Waals surface area contributed by atoms with Crippen molar-refractivity contribution in [3.63, 3.8) is 0 Å². The predicted octanol–water partition coefficient (Wildman–Crippen LogP) is 3.54. The Morgan fingerprint density at radius 2 is 1.90 bits per heavy atom. The van der Waals surface area contributed by atoms with Crippen LogP contribution in [0.3, 0.4) is 0 Å². The molecule has 0 saturated carbocycles. The highest BCUT2D eigenvalue weighted by Gasteiger charge is 2.26. The van der Waals surface area contributed by atoms with E-state index < -0.39 is 14.2 Å². The first-order chi connectivity index (χ1) is 14.1. The summed E-state index contributed by atoms with van der Waals surface area (Å²) in [7, 11) is -0.908. The molecule has 3 N–H and O–H groups in total. The van der Waals surface area contributed by atoms with E-state index in [-0.39, 0.29) is 13.2 Å². The highest BCUT2D eigenvalue weighted by Crippen LogP contribution is 2.22. The largest absolute Gasteiger partial charge is 0.494 e. The van der Waals surface area contributed by atoms with E-state index in [1.165, 1.54) is 5.56 Å². The Labute approximate surface area is 173 Å². The van der Waals surface area contributed by atoms with Crippen LogP contribution in [0.5, 0.6) is 5.75 Å². The monoisotopic (exact) mass is 415 g/mol. The highest BCUT2D eigenvalue weighted by molar-refractivity contribution is 7.17. The summed E-state index contributed by atoms with van der Waals surface area (Å²) in [5.74, 6) is 0.577. The lowest BCUT2D eigenvalue weighted by Crippen LogP contribution is -2.47. The Morgan fingerprint density at radius 3 is 2.59 bits per heavy atom. The SMILES string of the molecule is N#Cc1cc(CCC(N)(CO)CO[PH+]=O)ccc1OCCCCc1ccccc1. The maximum Gasteiger partial charge on any atom is 0.494 e. The Hall–Kier alpha value is -2.29. The Morgan fingerprint density at radius 1 is 1.10 bits per heavy atom. The molecule has 0 spiro atoms. The number of benzene rings is 2. The molecular formula is C22H28N2O4P+. The van der Waals surface area contributed by atoms with Crippen LogP contribution in [0.4, 0.5) is 0 Å². The van der Waals surface area contributed by atoms with Gasteiger partial charge in [-0.05, 0) is 59.9 Å². The minimum absolute atomic E-state index is 0.0146. The molecule has 0 aliphatic heterocycles. The van der Waals surface area contributed by atoms with Crippen LogP contribution in [0.25, 0.3) is 0 Å². The van der Waals surface area contributed by atoms with Gasteiger partial charge in [0.2, 0.25) is 0 Å². The van der Waals surface area contributed by atoms with Gasteiger partial charge in [0, 0.05) is 0 Å². The zero-order valence-electron chi connectivity index (χ0n) is 16.5. The van der Waals surface area contributed by atoms with E-state index in [9.17, 15) is 14.9 Å². The third kappa shape index (κ3) is 7.92. The number of aliphatic hydroxyl groups is 1. The first-order valence-corrected chi connectivity index (χ1v) is 10.5. The third-order valence-corrected chi connectivity index (χ3v) is 5.03. The van der Waals surface area contributed by atoms with Crippen LogP contribution in [0, 0.1) is 11.3 Å². The lowest BCUT2D eigenvalue weighted by atomic mass is 9.93. The molecule has 2 unspecified atom stereocenters. The molecular weight excluding hydrogens is 387 g/mol. The number of hydrogen-bond donors (Lipinski definition) is 2. The van der Waals surface area contributed by atoms with Crippen molar-refractivity contribution in [2.24, 2.45) is 5.73 Å². The van der Waals surface area contributed by atoms with Crippen molar-refractivity contribution in [3.05, 3.63) is 65.2 Å². The van der Waals surface area contributed by atoms with Gasteiger partial charge in [0.1, 0.15) is 18.4 Å². The summed E-state index contributed by atoms with van der Waals surface area (Å²) in [5.41, 5.74) is 7.83. The predicted molar refractivity (Wildman–Crippen MR) is 113 cm³/mol. The minimum Gasteiger partial charge on any atom is -0.492 e. The molecule has 0 aromatic heterocycles. The second kappa shape index (κ2) is 12.3. The van der Waals surface area contributed by atoms with E-state index in [1.807, 2.05) is 24.3 Å². The highest BCUT2D eigenvalue weighted by atomic mass is 31.1. The molecule has 0 aliphatic rings. The zero-order valence-corrected chi connectivity index (χ0v) is 17.5. The van der Waals surface area contributed by atoms with Crippen molar-refractivity contribution in [2.45, 2.75) is 37.6 Å². The van der Waals surface area contributed by atoms with Crippen molar-refractivity contribution in [3.8, 4) is 11.8 Å². The molecule has 0 aliphatic carbocycles. The van der Waals surface area contributed by atoms with Crippen LogP contribution in [-0.2, 0) is 21.9 Å². The first-order valence-electron chi connectivity index (χ1n) is 9.68. The molecule has 2 rings (SSSR count). The average molecular weight is 415 g/mol. The van der Waals surface area contributed by atoms with E-state index in [0.717, 1.165) is 24.8 Å². The van der Waals surface area contributed by atoms with Gasteiger partial charge in [-0.3, -0.25) is 0 Å². The fourth-order valence-corrected chi connectivity index (χ4v) is 3.31. The van der Waals surface area contributed by atoms with Gasteiger partial charge in [-0.15, -0.1) is 4.52 Å². The van der Waals surface area contributed by atoms with Gasteiger partial charge in [-0.25, -0.2) is 0 Å². The number of hydrogen-bond acceptors (Lipinski definition) is 6. The number of unbranched alkanes of at least 4 members (excludes halogenated alkanes) is 1. The van der Waals surface area contributed by atoms with E-state index in [1.54, 1.807) is 12.1 Å². The Kier molecular flexibility index (Phi) is 9.76. The first kappa shape index (κ1) is 23.0. The Bertz CT molecular complexity index is 810. The molecule has 6 nitrogen and oxygen atoms in total. The lowest BCUT2D eigenvalue weighted by molar-refractivity contribution is 0.133. The maximum absolute atomic E-state index is 10.5. The number of nitriles is 1. The number of rotatable bonds is 13. The molecule has 7 heteroatoms. The lowest BCUT2D eigenvalue weighted by Gasteiger charge is -2.24. The summed E-state index contributed by atoms with van der Waals surface area (Å²) < 4.78 is 21.2. The molecule has 0 amide bonds. The van der Waals surface area contributed by atoms with Crippen LogP contribution in [0.2, 0.25) is 0 Å². The van der Waals surface area contributed by atoms with Gasteiger partial charge in [0.15, 0.2) is 0 Å². The van der Waals surface area contributed by atoms with Gasteiger partial charge in [-0.1, -0.05) is 36.4 Å². The van der Waals surface area contributed by atoms with Crippen molar-refractivity contribution in [1.82, 2.24) is 0 Å². The normalized spacial score (nSPS) is 13.0. The molecule has 2 aromatic rings. The number of aryl methyl sites for hydroxylation is 2. The second-order valence-electron chi connectivity index (χ2n) is 7.13. The molecule has 2 aromatic carbocycles. The van der Waals surface area contributed by atoms with Crippen LogP contribution >= 0.6 is 8.69 Å². The second-order valence-corrected chi connectivity index (χ2v) is 7.58. The number of nitrogens with two attached hydrogens (primary N) is 1. The summed E-state index contributed by atoms with van der Waals surface area (Å²) in [6, 6.07) is 18.0. The molecule has 0 heterocycles. The zero-order chi connectivity index (χ0) is 21.0. The standard InChI is InChI=1S/C22H28N2O4P/c23-15-20-14-19(11-12-22(24,16-25)17-28-29-26)9-10-21(20)27-13-5-4-8-18-6-2-1-3-7-18/h1-3,6-7,9-10,14,25,29H,4-5,8,11-13,16-17,24H2/q+1. The molecule has 0 bridgehead atoms. The smallest absolute Gasteiger partial charge is 0.492 e. The summed E-state index contributed by atoms with van der Waals surface area (Å²) in [6.45, 7) is 0.304. The van der Waals surface area contributed by atoms with Crippen molar-refractivity contribution in [1.29, 1.82) is 5.26 Å². The van der Waals surface area contributed by atoms with Gasteiger partial charge in [0.05, 0.1) is 24.3 Å². The van der Waals surface area contributed by atoms with Crippen LogP contribution in [0.15, 0.2) is 48.5 Å². The Balaban J connectivity index is 1.83. The maximum atomic E-state index is 10.5. The minimum atomic E-state index is -0.960. The molecule has 2 atom stereocenters. The van der Waals surface area contributed by atoms with Crippen LogP contribution in [0.1, 0.15) is 36.0 Å². The molecule has 0 radical (unpaired) electrons. The van der Waals surface area contributed by atoms with Gasteiger partial charge in [0.25, 0.3) is 0 Å². The topological polar surface area (TPSA) is 106 Å². The summed E-state index contributed by atoms with van der Waals surface area (Å²) in [4.78, 5) is 0. The number of ether oxygens (including phenoxy) is 1. The molecule has 0 saturated heterocycles. The fourth-order valence-electron chi connectivity index (χ4n) is 2.97. The third-order valence-electron chi connectivity index (χ3n) is 4.77. The summed E-state index contributed by atoms with van der Waals surface area (Å²) in [6.07, 6.45) is 3.95. The van der Waals surface area contributed by atoms with Gasteiger partial charge >= 0.3 is 8.69 Å². The van der Waals surface area contributed by atoms with Crippen molar-refractivity contribution in [2.75, 3.05) is 19.8 Å². The number of nitrogens with zero attached hydrogens (tertiary/aromatic N) is 1. The summed E-state index contributed by atoms with van der Waals surface area (Å²) >= 11 is 0. The molecule has 29 heavy (non-hydrogen) atoms. The average Bonchev–Trinajstić information content (AvgIpc) is 2.77. The molecule has 154 valence electrons. The van der Waals surface area contributed by atoms with Gasteiger partial charge in [-0.2, -0.15) is 5.26 Å². The van der Waals surface area contributed by atoms with Gasteiger partial charge < -0.3 is 15.6 Å². The van der Waals surface area contributed by atoms with Crippen LogP contribution in [-0.4, -0.2) is 30.5 Å². The van der Waals surface area contributed by atoms with Crippen molar-refractivity contribution >= 4 is 8.69 Å². The fraction of sp³-hybridized carbons (Fsp3) is 0.409. The summed E-state index contributed by atoms with van der Waals surface area (Å²) in [5, 5.41) is 18.9. The van der Waals surface area contributed by atoms with E-state index in [4.69, 9.17) is 15.0 Å². The van der Waals surface area contributed by atoms with Crippen molar-refractivity contribution < 1.29 is 18.9 Å². The number of aliphatic hydroxyl groups excluding tert-OH is 1. The molecule has 0 fully saturated rings. The van der Waals surface area contributed by atoms with Crippen LogP contribution < -0.4 is 10.5 Å². The van der Waals surface area contributed by atoms with E-state index in [2.05, 4.69) is 18.2 Å². The van der Waals surface area contributed by atoms with E-state index >= 15 is 0 Å². The quantitative estimate of drug-likeness (QED) is 0.383.